The predicted octanol–water partition coefficient (Wildman–Crippen LogP) is 1.54. The summed E-state index contributed by atoms with van der Waals surface area (Å²) >= 11 is 6.14. The molecule has 1 saturated carbocycles. The number of benzene rings is 1. The Kier molecular flexibility index (Phi) is 5.51. The molecule has 0 aliphatic heterocycles. The van der Waals surface area contributed by atoms with Crippen LogP contribution in [-0.2, 0) is 14.5 Å². The molecule has 174 valence electrons. The normalized spacial score (nSPS) is 23.5. The van der Waals surface area contributed by atoms with Crippen LogP contribution in [0.5, 0.6) is 0 Å². The van der Waals surface area contributed by atoms with Gasteiger partial charge in [-0.2, -0.15) is 18.0 Å². The Hall–Kier alpha value is -2.74. The number of hydrogen-bond acceptors (Lipinski definition) is 9. The fourth-order valence-electron chi connectivity index (χ4n) is 4.14. The van der Waals surface area contributed by atoms with E-state index in [1.807, 2.05) is 0 Å². The lowest BCUT2D eigenvalue weighted by atomic mass is 10.1. The van der Waals surface area contributed by atoms with Gasteiger partial charge in [0.2, 0.25) is 0 Å². The van der Waals surface area contributed by atoms with Crippen molar-refractivity contribution in [3.63, 3.8) is 0 Å². The number of aromatic nitrogens is 3. The third-order valence-corrected chi connectivity index (χ3v) is 6.45. The minimum atomic E-state index is -4.15. The van der Waals surface area contributed by atoms with Crippen molar-refractivity contribution in [2.24, 2.45) is 11.1 Å². The van der Waals surface area contributed by atoms with Crippen LogP contribution in [-0.4, -0.2) is 58.1 Å². The Morgan fingerprint density at radius 1 is 1.27 bits per heavy atom. The van der Waals surface area contributed by atoms with E-state index in [4.69, 9.17) is 21.2 Å². The Bertz CT molecular complexity index is 1440. The van der Waals surface area contributed by atoms with Gasteiger partial charge in [-0.05, 0) is 30.7 Å². The van der Waals surface area contributed by atoms with Gasteiger partial charge in [-0.3, -0.25) is 4.18 Å². The lowest BCUT2D eigenvalue weighted by Gasteiger charge is -2.19. The van der Waals surface area contributed by atoms with Crippen LogP contribution in [0.15, 0.2) is 47.2 Å². The first-order valence-corrected chi connectivity index (χ1v) is 11.9. The van der Waals surface area contributed by atoms with Crippen LogP contribution >= 0.6 is 11.6 Å². The highest BCUT2D eigenvalue weighted by molar-refractivity contribution is 7.84. The molecule has 0 saturated heterocycles. The number of rotatable bonds is 6. The molecule has 13 heteroatoms. The number of nitrogens with two attached hydrogens (primary N) is 1. The summed E-state index contributed by atoms with van der Waals surface area (Å²) in [5, 5.41) is 34.8. The van der Waals surface area contributed by atoms with Crippen molar-refractivity contribution in [3.05, 3.63) is 47.8 Å². The maximum Gasteiger partial charge on any atom is 0.333 e. The third-order valence-electron chi connectivity index (χ3n) is 5.75. The van der Waals surface area contributed by atoms with Crippen LogP contribution < -0.4 is 10.5 Å². The van der Waals surface area contributed by atoms with Crippen molar-refractivity contribution in [2.75, 3.05) is 11.9 Å². The molecule has 0 spiro atoms. The molecular weight excluding hydrogens is 474 g/mol. The molecule has 1 aliphatic rings. The van der Waals surface area contributed by atoms with Crippen LogP contribution in [0.4, 0.5) is 5.82 Å². The minimum Gasteiger partial charge on any atom is -0.464 e. The first-order chi connectivity index (χ1) is 15.7. The second kappa shape index (κ2) is 8.24. The summed E-state index contributed by atoms with van der Waals surface area (Å²) in [5.74, 6) is -0.0928. The molecule has 0 amide bonds. The van der Waals surface area contributed by atoms with E-state index in [0.29, 0.717) is 27.8 Å². The largest absolute Gasteiger partial charge is 0.464 e. The summed E-state index contributed by atoms with van der Waals surface area (Å²) in [6, 6.07) is 8.21. The second-order valence-corrected chi connectivity index (χ2v) is 9.58. The average Bonchev–Trinajstić information content (AvgIpc) is 3.44. The Morgan fingerprint density at radius 3 is 2.88 bits per heavy atom. The van der Waals surface area contributed by atoms with E-state index in [-0.39, 0.29) is 13.0 Å². The van der Waals surface area contributed by atoms with E-state index in [2.05, 4.69) is 19.6 Å². The van der Waals surface area contributed by atoms with Crippen molar-refractivity contribution in [2.45, 2.75) is 24.7 Å². The molecule has 4 atom stereocenters. The van der Waals surface area contributed by atoms with Gasteiger partial charge in [-0.15, -0.1) is 0 Å². The molecule has 33 heavy (non-hydrogen) atoms. The van der Waals surface area contributed by atoms with Gasteiger partial charge < -0.3 is 19.9 Å². The summed E-state index contributed by atoms with van der Waals surface area (Å²) in [7, 11) is -4.15. The Balaban J connectivity index is 1.43. The number of furan rings is 1. The van der Waals surface area contributed by atoms with E-state index in [9.17, 15) is 18.6 Å². The first kappa shape index (κ1) is 22.1. The standard InChI is InChI=1S/C20H20ClN5O6S/c21-11-1-2-16-12(6-11)13(9-31-16)14-7-18-23-4-3-17(26(18)25-14)24-15-5-10(19(27)20(15)28)8-32-33(22,29)30/h1-4,6-7,9-10,15,19-20,24,27-28H,5,8H2,(H2,22,29,30). The molecule has 4 aromatic rings. The van der Waals surface area contributed by atoms with Gasteiger partial charge in [0, 0.05) is 34.2 Å². The topological polar surface area (TPSA) is 165 Å². The van der Waals surface area contributed by atoms with Crippen LogP contribution in [0.3, 0.4) is 0 Å². The van der Waals surface area contributed by atoms with Gasteiger partial charge in [0.15, 0.2) is 5.65 Å². The van der Waals surface area contributed by atoms with Crippen molar-refractivity contribution in [3.8, 4) is 11.3 Å². The summed E-state index contributed by atoms with van der Waals surface area (Å²) < 4.78 is 33.9. The minimum absolute atomic E-state index is 0.251. The maximum atomic E-state index is 11.1. The van der Waals surface area contributed by atoms with Gasteiger partial charge in [0.25, 0.3) is 0 Å². The number of aliphatic hydroxyl groups excluding tert-OH is 2. The molecular formula is C20H20ClN5O6S. The van der Waals surface area contributed by atoms with Crippen LogP contribution in [0.25, 0.3) is 27.9 Å². The fraction of sp³-hybridized carbons (Fsp3) is 0.300. The van der Waals surface area contributed by atoms with E-state index < -0.39 is 34.5 Å². The lowest BCUT2D eigenvalue weighted by Crippen LogP contribution is -2.36. The van der Waals surface area contributed by atoms with Crippen molar-refractivity contribution < 1.29 is 27.2 Å². The third kappa shape index (κ3) is 4.28. The molecule has 11 nitrogen and oxygen atoms in total. The van der Waals surface area contributed by atoms with E-state index in [1.54, 1.807) is 47.3 Å². The van der Waals surface area contributed by atoms with Crippen molar-refractivity contribution in [1.29, 1.82) is 0 Å². The molecule has 1 aliphatic carbocycles. The number of anilines is 1. The van der Waals surface area contributed by atoms with Gasteiger partial charge in [-0.25, -0.2) is 10.1 Å². The molecule has 0 bridgehead atoms. The van der Waals surface area contributed by atoms with Crippen LogP contribution in [0.2, 0.25) is 5.02 Å². The smallest absolute Gasteiger partial charge is 0.333 e. The molecule has 3 heterocycles. The van der Waals surface area contributed by atoms with E-state index in [1.165, 1.54) is 0 Å². The fourth-order valence-corrected chi connectivity index (χ4v) is 4.68. The number of fused-ring (bicyclic) bond motifs is 2. The van der Waals surface area contributed by atoms with Crippen molar-refractivity contribution >= 4 is 44.3 Å². The molecule has 3 aromatic heterocycles. The van der Waals surface area contributed by atoms with Gasteiger partial charge in [-0.1, -0.05) is 11.6 Å². The first-order valence-electron chi connectivity index (χ1n) is 10.0. The number of nitrogens with one attached hydrogen (secondary N) is 1. The zero-order chi connectivity index (χ0) is 23.3. The molecule has 4 unspecified atom stereocenters. The van der Waals surface area contributed by atoms with Gasteiger partial charge >= 0.3 is 10.3 Å². The highest BCUT2D eigenvalue weighted by Gasteiger charge is 2.42. The molecule has 0 radical (unpaired) electrons. The molecule has 1 aromatic carbocycles. The SMILES string of the molecule is NS(=O)(=O)OCC1CC(Nc2ccnc3cc(-c4coc5ccc(Cl)cc45)nn23)C(O)C1O. The summed E-state index contributed by atoms with van der Waals surface area (Å²) in [6.07, 6.45) is 1.10. The Labute approximate surface area is 193 Å². The zero-order valence-electron chi connectivity index (χ0n) is 17.0. The molecule has 5 N–H and O–H groups in total. The summed E-state index contributed by atoms with van der Waals surface area (Å²) in [6.45, 7) is -0.330. The maximum absolute atomic E-state index is 11.1. The zero-order valence-corrected chi connectivity index (χ0v) is 18.6. The van der Waals surface area contributed by atoms with Gasteiger partial charge in [0.05, 0.1) is 24.4 Å². The second-order valence-electron chi connectivity index (χ2n) is 7.92. The highest BCUT2D eigenvalue weighted by atomic mass is 35.5. The van der Waals surface area contributed by atoms with E-state index in [0.717, 1.165) is 10.9 Å². The number of aliphatic hydroxyl groups is 2. The Morgan fingerprint density at radius 2 is 2.09 bits per heavy atom. The number of hydrogen-bond donors (Lipinski definition) is 4. The van der Waals surface area contributed by atoms with Crippen LogP contribution in [0, 0.1) is 5.92 Å². The van der Waals surface area contributed by atoms with Crippen molar-refractivity contribution in [1.82, 2.24) is 14.6 Å². The average molecular weight is 494 g/mol. The molecule has 1 fully saturated rings. The lowest BCUT2D eigenvalue weighted by molar-refractivity contribution is 0.00777. The molecule has 5 rings (SSSR count). The summed E-state index contributed by atoms with van der Waals surface area (Å²) in [5.41, 5.74) is 2.59. The number of halogens is 1. The quantitative estimate of drug-likeness (QED) is 0.311. The predicted molar refractivity (Wildman–Crippen MR) is 120 cm³/mol. The van der Waals surface area contributed by atoms with E-state index >= 15 is 0 Å². The summed E-state index contributed by atoms with van der Waals surface area (Å²) in [4.78, 5) is 4.34. The van der Waals surface area contributed by atoms with Gasteiger partial charge in [0.1, 0.15) is 23.8 Å². The number of nitrogens with zero attached hydrogens (tertiary/aromatic N) is 3. The van der Waals surface area contributed by atoms with Crippen LogP contribution in [0.1, 0.15) is 6.42 Å². The highest BCUT2D eigenvalue weighted by Crippen LogP contribution is 2.33. The monoisotopic (exact) mass is 493 g/mol.